The summed E-state index contributed by atoms with van der Waals surface area (Å²) in [5.74, 6) is 0. The Balaban J connectivity index is 0.00000261. The molecule has 0 bridgehead atoms. The molecule has 1 aliphatic rings. The first-order valence-corrected chi connectivity index (χ1v) is 11.3. The number of rotatable bonds is 3. The average Bonchev–Trinajstić information content (AvgIpc) is 3.02. The van der Waals surface area contributed by atoms with Gasteiger partial charge in [-0.05, 0) is 54.6 Å². The predicted molar refractivity (Wildman–Crippen MR) is 117 cm³/mol. The van der Waals surface area contributed by atoms with Crippen molar-refractivity contribution in [2.75, 3.05) is 13.1 Å². The molecule has 1 heterocycles. The minimum atomic E-state index is -0.987. The molecule has 1 aliphatic heterocycles. The van der Waals surface area contributed by atoms with E-state index in [4.69, 9.17) is 0 Å². The van der Waals surface area contributed by atoms with Crippen LogP contribution in [0.1, 0.15) is 41.5 Å². The van der Waals surface area contributed by atoms with Gasteiger partial charge in [-0.2, -0.15) is 10.4 Å². The van der Waals surface area contributed by atoms with E-state index < -0.39 is 8.67 Å². The van der Waals surface area contributed by atoms with Crippen molar-refractivity contribution < 1.29 is 18.9 Å². The fourth-order valence-corrected chi connectivity index (χ4v) is 7.73. The molecule has 5 heteroatoms. The van der Waals surface area contributed by atoms with E-state index in [9.17, 15) is 0 Å². The van der Waals surface area contributed by atoms with Crippen molar-refractivity contribution in [2.24, 2.45) is 0 Å². The summed E-state index contributed by atoms with van der Waals surface area (Å²) in [6.45, 7) is 16.9. The first-order chi connectivity index (χ1) is 12.2. The number of hydrogen-bond donors (Lipinski definition) is 0. The molecule has 2 aromatic rings. The Bertz CT molecular complexity index is 651. The molecule has 0 amide bonds. The van der Waals surface area contributed by atoms with Crippen LogP contribution in [-0.4, -0.2) is 49.0 Å². The molecule has 1 saturated heterocycles. The van der Waals surface area contributed by atoms with Crippen molar-refractivity contribution in [1.82, 2.24) is 9.62 Å². The SMILES string of the molecule is CC(C)(C)N1CCN(C(C)(C)C)B1[Si-](c1ccccc1)c1ccccc1.[Li+]. The van der Waals surface area contributed by atoms with Crippen molar-refractivity contribution in [2.45, 2.75) is 52.6 Å². The van der Waals surface area contributed by atoms with Crippen LogP contribution in [0.5, 0.6) is 0 Å². The average molecular weight is 370 g/mol. The zero-order chi connectivity index (χ0) is 18.9. The standard InChI is InChI=1S/C22H32BN2Si.Li/c1-21(2,3)24-17-18-25(22(4,5)6)23(24)26(19-13-9-7-10-14-19)20-15-11-8-12-16-20;/h7-16H,17-18H2,1-6H3;/q-1;+1. The van der Waals surface area contributed by atoms with E-state index in [1.54, 1.807) is 0 Å². The smallest absolute Gasteiger partial charge is 0.350 e. The van der Waals surface area contributed by atoms with E-state index in [1.165, 1.54) is 10.4 Å². The van der Waals surface area contributed by atoms with Gasteiger partial charge in [0.05, 0.1) is 0 Å². The molecule has 0 spiro atoms. The van der Waals surface area contributed by atoms with Crippen LogP contribution in [0.25, 0.3) is 0 Å². The van der Waals surface area contributed by atoms with Crippen molar-refractivity contribution in [3.8, 4) is 0 Å². The van der Waals surface area contributed by atoms with Crippen LogP contribution < -0.4 is 29.2 Å². The van der Waals surface area contributed by atoms with Crippen molar-refractivity contribution in [3.05, 3.63) is 60.7 Å². The van der Waals surface area contributed by atoms with Crippen LogP contribution >= 0.6 is 0 Å². The minimum absolute atomic E-state index is 0. The normalized spacial score (nSPS) is 16.3. The first-order valence-electron chi connectivity index (χ1n) is 9.71. The summed E-state index contributed by atoms with van der Waals surface area (Å²) < 4.78 is 0. The quantitative estimate of drug-likeness (QED) is 0.707. The van der Waals surface area contributed by atoms with Gasteiger partial charge in [-0.15, -0.1) is 0 Å². The number of benzene rings is 2. The molecule has 0 aliphatic carbocycles. The van der Waals surface area contributed by atoms with E-state index >= 15 is 0 Å². The fraction of sp³-hybridized carbons (Fsp3) is 0.455. The van der Waals surface area contributed by atoms with E-state index in [-0.39, 0.29) is 29.9 Å². The largest absolute Gasteiger partial charge is 1.00 e. The maximum absolute atomic E-state index is 2.74. The summed E-state index contributed by atoms with van der Waals surface area (Å²) in [7, 11) is -0.987. The van der Waals surface area contributed by atoms with Crippen LogP contribution in [-0.2, 0) is 0 Å². The molecule has 3 rings (SSSR count). The molecule has 1 fully saturated rings. The van der Waals surface area contributed by atoms with Gasteiger partial charge in [0.1, 0.15) is 6.57 Å². The summed E-state index contributed by atoms with van der Waals surface area (Å²) in [4.78, 5) is 5.49. The molecule has 138 valence electrons. The Morgan fingerprint density at radius 3 is 1.30 bits per heavy atom. The second-order valence-corrected chi connectivity index (χ2v) is 11.7. The zero-order valence-corrected chi connectivity index (χ0v) is 19.2. The molecule has 0 N–H and O–H groups in total. The van der Waals surface area contributed by atoms with Gasteiger partial charge in [0.15, 0.2) is 0 Å². The monoisotopic (exact) mass is 370 g/mol. The molecule has 0 radical (unpaired) electrons. The zero-order valence-electron chi connectivity index (χ0n) is 18.2. The second-order valence-electron chi connectivity index (χ2n) is 9.25. The summed E-state index contributed by atoms with van der Waals surface area (Å²) in [6.07, 6.45) is 0. The van der Waals surface area contributed by atoms with Gasteiger partial charge in [-0.3, -0.25) is 0 Å². The molecular formula is C22H32BLiN2Si. The molecule has 0 unspecified atom stereocenters. The third-order valence-electron chi connectivity index (χ3n) is 5.32. The molecule has 0 saturated carbocycles. The molecule has 2 nitrogen and oxygen atoms in total. The van der Waals surface area contributed by atoms with E-state index in [2.05, 4.69) is 112 Å². The van der Waals surface area contributed by atoms with Crippen LogP contribution in [0, 0.1) is 0 Å². The Morgan fingerprint density at radius 2 is 1.00 bits per heavy atom. The molecule has 2 aromatic carbocycles. The van der Waals surface area contributed by atoms with Crippen LogP contribution in [0.2, 0.25) is 0 Å². The molecular weight excluding hydrogens is 338 g/mol. The van der Waals surface area contributed by atoms with Gasteiger partial charge in [0, 0.05) is 11.1 Å². The van der Waals surface area contributed by atoms with Crippen LogP contribution in [0.3, 0.4) is 0 Å². The van der Waals surface area contributed by atoms with Gasteiger partial charge in [0.2, 0.25) is 0 Å². The van der Waals surface area contributed by atoms with Gasteiger partial charge in [-0.25, -0.2) is 8.67 Å². The number of nitrogens with zero attached hydrogens (tertiary/aromatic N) is 2. The fourth-order valence-electron chi connectivity index (χ4n) is 4.04. The van der Waals surface area contributed by atoms with Crippen molar-refractivity contribution in [3.63, 3.8) is 0 Å². The Morgan fingerprint density at radius 1 is 0.667 bits per heavy atom. The Labute approximate surface area is 180 Å². The molecule has 27 heavy (non-hydrogen) atoms. The van der Waals surface area contributed by atoms with Crippen LogP contribution in [0.15, 0.2) is 60.7 Å². The van der Waals surface area contributed by atoms with E-state index in [0.29, 0.717) is 6.57 Å². The topological polar surface area (TPSA) is 6.48 Å². The van der Waals surface area contributed by atoms with Gasteiger partial charge in [-0.1, -0.05) is 60.7 Å². The summed E-state index contributed by atoms with van der Waals surface area (Å²) in [5.41, 5.74) is 0.314. The van der Waals surface area contributed by atoms with E-state index in [1.807, 2.05) is 0 Å². The maximum atomic E-state index is 2.74. The van der Waals surface area contributed by atoms with E-state index in [0.717, 1.165) is 13.1 Å². The Hall–Kier alpha value is -0.761. The van der Waals surface area contributed by atoms with Crippen LogP contribution in [0.4, 0.5) is 0 Å². The third-order valence-corrected chi connectivity index (χ3v) is 8.37. The second kappa shape index (κ2) is 8.72. The minimum Gasteiger partial charge on any atom is -0.350 e. The summed E-state index contributed by atoms with van der Waals surface area (Å²) in [6, 6.07) is 22.4. The van der Waals surface area contributed by atoms with Crippen molar-refractivity contribution in [1.29, 1.82) is 0 Å². The summed E-state index contributed by atoms with van der Waals surface area (Å²) >= 11 is 0. The predicted octanol–water partition coefficient (Wildman–Crippen LogP) is 0.0808. The van der Waals surface area contributed by atoms with Gasteiger partial charge in [0.25, 0.3) is 0 Å². The Kier molecular flexibility index (Phi) is 7.28. The summed E-state index contributed by atoms with van der Waals surface area (Å²) in [5, 5.41) is 3.00. The molecule has 0 atom stereocenters. The van der Waals surface area contributed by atoms with Gasteiger partial charge < -0.3 is 9.62 Å². The van der Waals surface area contributed by atoms with Crippen molar-refractivity contribution >= 4 is 25.6 Å². The number of hydrogen-bond acceptors (Lipinski definition) is 2. The third kappa shape index (κ3) is 4.99. The van der Waals surface area contributed by atoms with Gasteiger partial charge >= 0.3 is 18.9 Å². The molecule has 0 aromatic heterocycles. The maximum Gasteiger partial charge on any atom is 1.00 e. The first kappa shape index (κ1) is 22.5.